The highest BCUT2D eigenvalue weighted by Crippen LogP contribution is 2.33. The van der Waals surface area contributed by atoms with Gasteiger partial charge in [0.25, 0.3) is 0 Å². The first kappa shape index (κ1) is 15.7. The Morgan fingerprint density at radius 1 is 1.30 bits per heavy atom. The van der Waals surface area contributed by atoms with E-state index < -0.39 is 5.60 Å². The van der Waals surface area contributed by atoms with Crippen LogP contribution in [0.2, 0.25) is 0 Å². The fourth-order valence-corrected chi connectivity index (χ4v) is 3.10. The van der Waals surface area contributed by atoms with E-state index in [1.807, 2.05) is 27.0 Å². The molecule has 1 aromatic heterocycles. The molecule has 4 nitrogen and oxygen atoms in total. The van der Waals surface area contributed by atoms with Gasteiger partial charge in [-0.05, 0) is 63.3 Å². The first-order valence-corrected chi connectivity index (χ1v) is 8.11. The first-order chi connectivity index (χ1) is 10.8. The van der Waals surface area contributed by atoms with Crippen LogP contribution >= 0.6 is 0 Å². The number of amides is 1. The molecule has 2 aromatic rings. The quantitative estimate of drug-likeness (QED) is 0.855. The van der Waals surface area contributed by atoms with Crippen molar-refractivity contribution in [3.05, 3.63) is 41.6 Å². The summed E-state index contributed by atoms with van der Waals surface area (Å²) in [6.07, 6.45) is 5.66. The highest BCUT2D eigenvalue weighted by atomic mass is 16.6. The molecule has 1 aliphatic rings. The maximum atomic E-state index is 11.9. The van der Waals surface area contributed by atoms with Crippen LogP contribution in [0.5, 0.6) is 0 Å². The Hall–Kier alpha value is -2.23. The van der Waals surface area contributed by atoms with Gasteiger partial charge in [-0.15, -0.1) is 0 Å². The van der Waals surface area contributed by atoms with Crippen LogP contribution < -0.4 is 5.32 Å². The Labute approximate surface area is 136 Å². The van der Waals surface area contributed by atoms with E-state index in [0.717, 1.165) is 12.8 Å². The zero-order valence-corrected chi connectivity index (χ0v) is 14.2. The van der Waals surface area contributed by atoms with Crippen molar-refractivity contribution in [3.63, 3.8) is 0 Å². The molecule has 3 rings (SSSR count). The van der Waals surface area contributed by atoms with Crippen molar-refractivity contribution in [2.24, 2.45) is 0 Å². The Kier molecular flexibility index (Phi) is 3.92. The van der Waals surface area contributed by atoms with Gasteiger partial charge < -0.3 is 15.0 Å². The van der Waals surface area contributed by atoms with Crippen LogP contribution in [0.4, 0.5) is 4.79 Å². The average molecular weight is 312 g/mol. The standard InChI is InChI=1S/C19H24N2O2/c1-12-5-8-15(16-9-10-20-17(12)16)13-6-7-14(11-13)21-18(22)23-19(2,3)4/h5,8-11,14,20H,6-7H2,1-4H3,(H,21,22). The third-order valence-electron chi connectivity index (χ3n) is 4.11. The van der Waals surface area contributed by atoms with E-state index in [0.29, 0.717) is 0 Å². The van der Waals surface area contributed by atoms with Gasteiger partial charge in [-0.1, -0.05) is 18.2 Å². The number of carbonyl (C=O) groups is 1. The van der Waals surface area contributed by atoms with Crippen LogP contribution in [0, 0.1) is 6.92 Å². The molecular weight excluding hydrogens is 288 g/mol. The summed E-state index contributed by atoms with van der Waals surface area (Å²) < 4.78 is 5.33. The second kappa shape index (κ2) is 5.76. The van der Waals surface area contributed by atoms with Crippen LogP contribution in [0.1, 0.15) is 44.7 Å². The zero-order valence-electron chi connectivity index (χ0n) is 14.2. The van der Waals surface area contributed by atoms with Crippen molar-refractivity contribution in [2.45, 2.75) is 52.2 Å². The predicted molar refractivity (Wildman–Crippen MR) is 93.4 cm³/mol. The number of aryl methyl sites for hydroxylation is 1. The number of nitrogens with one attached hydrogen (secondary N) is 2. The van der Waals surface area contributed by atoms with Crippen LogP contribution in [-0.2, 0) is 4.74 Å². The number of carbonyl (C=O) groups excluding carboxylic acids is 1. The van der Waals surface area contributed by atoms with E-state index in [1.165, 1.54) is 27.6 Å². The molecule has 4 heteroatoms. The molecule has 122 valence electrons. The fraction of sp³-hybridized carbons (Fsp3) is 0.421. The number of rotatable bonds is 2. The van der Waals surface area contributed by atoms with Crippen molar-refractivity contribution < 1.29 is 9.53 Å². The fourth-order valence-electron chi connectivity index (χ4n) is 3.10. The maximum absolute atomic E-state index is 11.9. The molecule has 1 atom stereocenters. The Balaban J connectivity index is 1.78. The molecule has 1 unspecified atom stereocenters. The number of hydrogen-bond acceptors (Lipinski definition) is 2. The third kappa shape index (κ3) is 3.41. The van der Waals surface area contributed by atoms with Crippen LogP contribution in [0.25, 0.3) is 16.5 Å². The summed E-state index contributed by atoms with van der Waals surface area (Å²) in [4.78, 5) is 15.2. The third-order valence-corrected chi connectivity index (χ3v) is 4.11. The number of ether oxygens (including phenoxy) is 1. The normalized spacial score (nSPS) is 18.1. The molecule has 1 aliphatic carbocycles. The molecule has 0 aliphatic heterocycles. The lowest BCUT2D eigenvalue weighted by molar-refractivity contribution is 0.0514. The van der Waals surface area contributed by atoms with Crippen molar-refractivity contribution >= 4 is 22.6 Å². The van der Waals surface area contributed by atoms with Crippen molar-refractivity contribution in [1.82, 2.24) is 10.3 Å². The molecule has 1 heterocycles. The zero-order chi connectivity index (χ0) is 16.6. The summed E-state index contributed by atoms with van der Waals surface area (Å²) >= 11 is 0. The number of fused-ring (bicyclic) bond motifs is 1. The van der Waals surface area contributed by atoms with Gasteiger partial charge in [-0.25, -0.2) is 4.79 Å². The predicted octanol–water partition coefficient (Wildman–Crippen LogP) is 4.55. The van der Waals surface area contributed by atoms with Gasteiger partial charge in [0.05, 0.1) is 6.04 Å². The van der Waals surface area contributed by atoms with Gasteiger partial charge in [-0.2, -0.15) is 0 Å². The highest BCUT2D eigenvalue weighted by molar-refractivity contribution is 5.94. The SMILES string of the molecule is Cc1ccc(C2=CC(NC(=O)OC(C)(C)C)CC2)c2cc[nH]c12. The van der Waals surface area contributed by atoms with E-state index in [1.54, 1.807) is 0 Å². The molecule has 0 fully saturated rings. The van der Waals surface area contributed by atoms with Gasteiger partial charge in [0, 0.05) is 17.1 Å². The number of benzene rings is 1. The van der Waals surface area contributed by atoms with E-state index >= 15 is 0 Å². The van der Waals surface area contributed by atoms with Gasteiger partial charge in [-0.3, -0.25) is 0 Å². The average Bonchev–Trinajstić information content (AvgIpc) is 3.06. The minimum Gasteiger partial charge on any atom is -0.444 e. The molecule has 23 heavy (non-hydrogen) atoms. The molecular formula is C19H24N2O2. The lowest BCUT2D eigenvalue weighted by atomic mass is 9.99. The molecule has 0 saturated heterocycles. The second-order valence-corrected chi connectivity index (χ2v) is 7.18. The molecule has 0 radical (unpaired) electrons. The largest absolute Gasteiger partial charge is 0.444 e. The number of allylic oxidation sites excluding steroid dienone is 1. The van der Waals surface area contributed by atoms with E-state index in [4.69, 9.17) is 4.74 Å². The van der Waals surface area contributed by atoms with Gasteiger partial charge in [0.1, 0.15) is 5.60 Å². The monoisotopic (exact) mass is 312 g/mol. The van der Waals surface area contributed by atoms with Crippen molar-refractivity contribution in [2.75, 3.05) is 0 Å². The second-order valence-electron chi connectivity index (χ2n) is 7.18. The minimum absolute atomic E-state index is 0.0372. The summed E-state index contributed by atoms with van der Waals surface area (Å²) in [6.45, 7) is 7.73. The molecule has 0 bridgehead atoms. The molecule has 1 aromatic carbocycles. The summed E-state index contributed by atoms with van der Waals surface area (Å²) in [5, 5.41) is 4.19. The van der Waals surface area contributed by atoms with E-state index in [9.17, 15) is 4.79 Å². The van der Waals surface area contributed by atoms with Gasteiger partial charge in [0.15, 0.2) is 0 Å². The molecule has 2 N–H and O–H groups in total. The Morgan fingerprint density at radius 2 is 2.09 bits per heavy atom. The van der Waals surface area contributed by atoms with Crippen molar-refractivity contribution in [3.8, 4) is 0 Å². The number of aromatic nitrogens is 1. The number of aromatic amines is 1. The lowest BCUT2D eigenvalue weighted by Gasteiger charge is -2.21. The molecule has 0 spiro atoms. The Morgan fingerprint density at radius 3 is 2.83 bits per heavy atom. The first-order valence-electron chi connectivity index (χ1n) is 8.11. The van der Waals surface area contributed by atoms with Gasteiger partial charge >= 0.3 is 6.09 Å². The van der Waals surface area contributed by atoms with Gasteiger partial charge in [0.2, 0.25) is 0 Å². The topological polar surface area (TPSA) is 54.1 Å². The molecule has 1 amide bonds. The number of alkyl carbamates (subject to hydrolysis) is 1. The summed E-state index contributed by atoms with van der Waals surface area (Å²) in [5.74, 6) is 0. The van der Waals surface area contributed by atoms with Crippen LogP contribution in [0.3, 0.4) is 0 Å². The van der Waals surface area contributed by atoms with Crippen molar-refractivity contribution in [1.29, 1.82) is 0 Å². The summed E-state index contributed by atoms with van der Waals surface area (Å²) in [6, 6.07) is 6.47. The maximum Gasteiger partial charge on any atom is 0.408 e. The summed E-state index contributed by atoms with van der Waals surface area (Å²) in [5.41, 5.74) is 4.50. The smallest absolute Gasteiger partial charge is 0.408 e. The Bertz CT molecular complexity index is 765. The molecule has 0 saturated carbocycles. The summed E-state index contributed by atoms with van der Waals surface area (Å²) in [7, 11) is 0. The van der Waals surface area contributed by atoms with Crippen LogP contribution in [0.15, 0.2) is 30.5 Å². The van der Waals surface area contributed by atoms with E-state index in [-0.39, 0.29) is 12.1 Å². The lowest BCUT2D eigenvalue weighted by Crippen LogP contribution is -2.37. The van der Waals surface area contributed by atoms with E-state index in [2.05, 4.69) is 41.5 Å². The highest BCUT2D eigenvalue weighted by Gasteiger charge is 2.23. The van der Waals surface area contributed by atoms with Crippen LogP contribution in [-0.4, -0.2) is 22.7 Å². The number of hydrogen-bond donors (Lipinski definition) is 2. The minimum atomic E-state index is -0.469. The number of H-pyrrole nitrogens is 1.